The number of anilines is 1. The average molecular weight is 261 g/mol. The zero-order valence-corrected chi connectivity index (χ0v) is 12.1. The van der Waals surface area contributed by atoms with E-state index >= 15 is 0 Å². The molecule has 104 valence electrons. The Bertz CT molecular complexity index is 445. The van der Waals surface area contributed by atoms with Gasteiger partial charge in [0.15, 0.2) is 0 Å². The van der Waals surface area contributed by atoms with E-state index in [1.165, 1.54) is 25.1 Å². The summed E-state index contributed by atoms with van der Waals surface area (Å²) >= 11 is 0. The van der Waals surface area contributed by atoms with E-state index in [0.29, 0.717) is 5.54 Å². The summed E-state index contributed by atoms with van der Waals surface area (Å²) in [6, 6.07) is 8.47. The van der Waals surface area contributed by atoms with E-state index in [2.05, 4.69) is 36.1 Å². The van der Waals surface area contributed by atoms with Crippen molar-refractivity contribution in [1.82, 2.24) is 0 Å². The van der Waals surface area contributed by atoms with Crippen LogP contribution in [0.1, 0.15) is 19.8 Å². The molecule has 0 spiro atoms. The number of benzene rings is 1. The summed E-state index contributed by atoms with van der Waals surface area (Å²) in [4.78, 5) is 2.58. The number of hydrogen-bond acceptors (Lipinski definition) is 3. The number of methoxy groups -OCH3 is 2. The molecule has 0 N–H and O–H groups in total. The van der Waals surface area contributed by atoms with Gasteiger partial charge in [-0.2, -0.15) is 0 Å². The summed E-state index contributed by atoms with van der Waals surface area (Å²) in [5, 5.41) is 0. The highest BCUT2D eigenvalue weighted by Gasteiger charge is 2.66. The smallest absolute Gasteiger partial charge is 0.119 e. The lowest BCUT2D eigenvalue weighted by molar-refractivity contribution is 0.185. The van der Waals surface area contributed by atoms with Gasteiger partial charge in [0.1, 0.15) is 5.75 Å². The molecule has 1 saturated carbocycles. The monoisotopic (exact) mass is 261 g/mol. The van der Waals surface area contributed by atoms with Crippen LogP contribution in [0.3, 0.4) is 0 Å². The molecular weight excluding hydrogens is 238 g/mol. The summed E-state index contributed by atoms with van der Waals surface area (Å²) in [6.45, 7) is 4.47. The van der Waals surface area contributed by atoms with Crippen LogP contribution in [-0.2, 0) is 4.74 Å². The summed E-state index contributed by atoms with van der Waals surface area (Å²) in [5.74, 6) is 2.57. The lowest BCUT2D eigenvalue weighted by atomic mass is 10.1. The molecule has 1 heterocycles. The predicted octanol–water partition coefficient (Wildman–Crippen LogP) is 2.95. The molecule has 0 unspecified atom stereocenters. The summed E-state index contributed by atoms with van der Waals surface area (Å²) in [7, 11) is 3.51. The Hall–Kier alpha value is -1.22. The number of nitrogens with zero attached hydrogens (tertiary/aromatic N) is 1. The number of piperidine rings is 1. The van der Waals surface area contributed by atoms with Crippen LogP contribution in [0.25, 0.3) is 0 Å². The highest BCUT2D eigenvalue weighted by molar-refractivity contribution is 5.56. The Morgan fingerprint density at radius 1 is 1.26 bits per heavy atom. The Morgan fingerprint density at radius 2 is 2.00 bits per heavy atom. The molecule has 0 amide bonds. The fourth-order valence-electron chi connectivity index (χ4n) is 3.99. The fraction of sp³-hybridized carbons (Fsp3) is 0.625. The molecule has 0 bridgehead atoms. The first kappa shape index (κ1) is 12.8. The molecule has 19 heavy (non-hydrogen) atoms. The van der Waals surface area contributed by atoms with E-state index in [1.54, 1.807) is 14.2 Å². The number of hydrogen-bond donors (Lipinski definition) is 0. The van der Waals surface area contributed by atoms with Gasteiger partial charge in [0.25, 0.3) is 0 Å². The zero-order chi connectivity index (χ0) is 13.5. The molecule has 3 atom stereocenters. The minimum Gasteiger partial charge on any atom is -0.497 e. The van der Waals surface area contributed by atoms with E-state index in [0.717, 1.165) is 24.2 Å². The third kappa shape index (κ3) is 1.91. The van der Waals surface area contributed by atoms with Crippen molar-refractivity contribution in [2.45, 2.75) is 25.3 Å². The first-order valence-corrected chi connectivity index (χ1v) is 7.12. The van der Waals surface area contributed by atoms with E-state index in [-0.39, 0.29) is 0 Å². The van der Waals surface area contributed by atoms with Crippen LogP contribution in [0.5, 0.6) is 5.75 Å². The number of rotatable bonds is 5. The van der Waals surface area contributed by atoms with Gasteiger partial charge in [-0.05, 0) is 55.9 Å². The molecule has 3 heteroatoms. The first-order valence-electron chi connectivity index (χ1n) is 7.12. The van der Waals surface area contributed by atoms with Gasteiger partial charge in [-0.15, -0.1) is 0 Å². The summed E-state index contributed by atoms with van der Waals surface area (Å²) < 4.78 is 10.5. The second-order valence-electron chi connectivity index (χ2n) is 5.86. The van der Waals surface area contributed by atoms with Crippen molar-refractivity contribution in [3.63, 3.8) is 0 Å². The summed E-state index contributed by atoms with van der Waals surface area (Å²) in [6.07, 6.45) is 2.50. The maximum atomic E-state index is 5.24. The van der Waals surface area contributed by atoms with Gasteiger partial charge in [-0.25, -0.2) is 0 Å². The SMILES string of the molecule is COCC[C@H]1[C@@H]2CCN(c3ccc(OC)cc3)[C@]12C. The molecule has 3 rings (SSSR count). The molecule has 1 aliphatic heterocycles. The molecule has 0 aromatic heterocycles. The molecule has 1 aromatic carbocycles. The topological polar surface area (TPSA) is 21.7 Å². The van der Waals surface area contributed by atoms with Crippen molar-refractivity contribution in [3.8, 4) is 5.75 Å². The molecule has 1 aliphatic carbocycles. The molecule has 2 fully saturated rings. The van der Waals surface area contributed by atoms with E-state index in [1.807, 2.05) is 0 Å². The lowest BCUT2D eigenvalue weighted by Gasteiger charge is -2.30. The van der Waals surface area contributed by atoms with Gasteiger partial charge in [-0.3, -0.25) is 0 Å². The van der Waals surface area contributed by atoms with Crippen LogP contribution >= 0.6 is 0 Å². The summed E-state index contributed by atoms with van der Waals surface area (Å²) in [5.41, 5.74) is 1.68. The van der Waals surface area contributed by atoms with E-state index in [4.69, 9.17) is 9.47 Å². The maximum absolute atomic E-state index is 5.24. The van der Waals surface area contributed by atoms with Crippen molar-refractivity contribution < 1.29 is 9.47 Å². The number of fused-ring (bicyclic) bond motifs is 1. The minimum atomic E-state index is 0.354. The maximum Gasteiger partial charge on any atom is 0.119 e. The van der Waals surface area contributed by atoms with Gasteiger partial charge >= 0.3 is 0 Å². The fourth-order valence-corrected chi connectivity index (χ4v) is 3.99. The van der Waals surface area contributed by atoms with Crippen LogP contribution in [-0.4, -0.2) is 32.9 Å². The van der Waals surface area contributed by atoms with E-state index in [9.17, 15) is 0 Å². The minimum absolute atomic E-state index is 0.354. The molecule has 1 aromatic rings. The molecule has 0 radical (unpaired) electrons. The molecule has 1 saturated heterocycles. The average Bonchev–Trinajstić information content (AvgIpc) is 2.84. The Morgan fingerprint density at radius 3 is 2.63 bits per heavy atom. The third-order valence-corrected chi connectivity index (χ3v) is 5.14. The van der Waals surface area contributed by atoms with Crippen molar-refractivity contribution >= 4 is 5.69 Å². The predicted molar refractivity (Wildman–Crippen MR) is 76.8 cm³/mol. The van der Waals surface area contributed by atoms with Crippen molar-refractivity contribution in [2.75, 3.05) is 32.3 Å². The van der Waals surface area contributed by atoms with Gasteiger partial charge in [0.05, 0.1) is 7.11 Å². The Kier molecular flexibility index (Phi) is 3.17. The quantitative estimate of drug-likeness (QED) is 0.813. The first-order chi connectivity index (χ1) is 9.21. The third-order valence-electron chi connectivity index (χ3n) is 5.14. The standard InChI is InChI=1S/C16H23NO2/c1-16-14(15(16)9-11-18-2)8-10-17(16)12-4-6-13(19-3)7-5-12/h4-7,14-15H,8-11H2,1-3H3/t14-,15-,16-/m0/s1. The van der Waals surface area contributed by atoms with Crippen molar-refractivity contribution in [3.05, 3.63) is 24.3 Å². The molecule has 3 nitrogen and oxygen atoms in total. The second kappa shape index (κ2) is 4.71. The molecule has 2 aliphatic rings. The molecular formula is C16H23NO2. The van der Waals surface area contributed by atoms with Crippen LogP contribution in [0, 0.1) is 11.8 Å². The van der Waals surface area contributed by atoms with Crippen molar-refractivity contribution in [2.24, 2.45) is 11.8 Å². The Labute approximate surface area is 115 Å². The van der Waals surface area contributed by atoms with Crippen LogP contribution in [0.15, 0.2) is 24.3 Å². The van der Waals surface area contributed by atoms with Crippen LogP contribution in [0.2, 0.25) is 0 Å². The van der Waals surface area contributed by atoms with Gasteiger partial charge in [0.2, 0.25) is 0 Å². The zero-order valence-electron chi connectivity index (χ0n) is 12.1. The van der Waals surface area contributed by atoms with E-state index < -0.39 is 0 Å². The van der Waals surface area contributed by atoms with Crippen molar-refractivity contribution in [1.29, 1.82) is 0 Å². The van der Waals surface area contributed by atoms with Gasteiger partial charge in [0, 0.05) is 31.5 Å². The number of ether oxygens (including phenoxy) is 2. The van der Waals surface area contributed by atoms with Crippen LogP contribution < -0.4 is 9.64 Å². The largest absolute Gasteiger partial charge is 0.497 e. The Balaban J connectivity index is 1.74. The second-order valence-corrected chi connectivity index (χ2v) is 5.86. The van der Waals surface area contributed by atoms with Gasteiger partial charge < -0.3 is 14.4 Å². The normalized spacial score (nSPS) is 32.3. The van der Waals surface area contributed by atoms with Crippen LogP contribution in [0.4, 0.5) is 5.69 Å². The highest BCUT2D eigenvalue weighted by Crippen LogP contribution is 2.63. The highest BCUT2D eigenvalue weighted by atomic mass is 16.5. The van der Waals surface area contributed by atoms with Gasteiger partial charge in [-0.1, -0.05) is 0 Å². The lowest BCUT2D eigenvalue weighted by Crippen LogP contribution is -2.34.